The molecule has 108 valence electrons. The Bertz CT molecular complexity index is 584. The summed E-state index contributed by atoms with van der Waals surface area (Å²) < 4.78 is 2.59. The Labute approximate surface area is 126 Å². The van der Waals surface area contributed by atoms with Gasteiger partial charge in [0.25, 0.3) is 0 Å². The van der Waals surface area contributed by atoms with Crippen molar-refractivity contribution in [2.75, 3.05) is 25.4 Å². The van der Waals surface area contributed by atoms with E-state index in [1.54, 1.807) is 11.3 Å². The fourth-order valence-corrected chi connectivity index (χ4v) is 4.26. The van der Waals surface area contributed by atoms with Gasteiger partial charge in [-0.25, -0.2) is 0 Å². The molecule has 0 spiro atoms. The summed E-state index contributed by atoms with van der Waals surface area (Å²) in [5, 5.41) is 1.48. The number of hydrogen-bond acceptors (Lipinski definition) is 2. The highest BCUT2D eigenvalue weighted by Gasteiger charge is 2.19. The average molecular weight is 288 g/mol. The van der Waals surface area contributed by atoms with E-state index in [2.05, 4.69) is 59.3 Å². The second kappa shape index (κ2) is 6.23. The SMILES string of the molecule is CCN(CC)CCn1c2c(c3ccccc31)CSCC2. The lowest BCUT2D eigenvalue weighted by Gasteiger charge is -2.21. The summed E-state index contributed by atoms with van der Waals surface area (Å²) in [4.78, 5) is 2.51. The van der Waals surface area contributed by atoms with Crippen LogP contribution in [0, 0.1) is 0 Å². The van der Waals surface area contributed by atoms with Crippen LogP contribution in [-0.4, -0.2) is 34.9 Å². The van der Waals surface area contributed by atoms with E-state index in [-0.39, 0.29) is 0 Å². The zero-order chi connectivity index (χ0) is 13.9. The van der Waals surface area contributed by atoms with Gasteiger partial charge in [0.05, 0.1) is 0 Å². The summed E-state index contributed by atoms with van der Waals surface area (Å²) in [5.41, 5.74) is 4.63. The lowest BCUT2D eigenvalue weighted by molar-refractivity contribution is 0.291. The highest BCUT2D eigenvalue weighted by Crippen LogP contribution is 2.33. The molecule has 2 heterocycles. The van der Waals surface area contributed by atoms with Gasteiger partial charge in [0, 0.05) is 35.4 Å². The van der Waals surface area contributed by atoms with Gasteiger partial charge in [0.2, 0.25) is 0 Å². The summed E-state index contributed by atoms with van der Waals surface area (Å²) in [6.07, 6.45) is 1.23. The Morgan fingerprint density at radius 1 is 1.20 bits per heavy atom. The number of para-hydroxylation sites is 1. The highest BCUT2D eigenvalue weighted by atomic mass is 32.2. The molecule has 0 unspecified atom stereocenters. The van der Waals surface area contributed by atoms with Crippen molar-refractivity contribution in [3.8, 4) is 0 Å². The van der Waals surface area contributed by atoms with Crippen molar-refractivity contribution in [3.63, 3.8) is 0 Å². The standard InChI is InChI=1S/C17H24N2S/c1-3-18(4-2)10-11-19-16-8-6-5-7-14(16)15-13-20-12-9-17(15)19/h5-8H,3-4,9-13H2,1-2H3. The second-order valence-electron chi connectivity index (χ2n) is 5.42. The number of benzene rings is 1. The number of fused-ring (bicyclic) bond motifs is 3. The van der Waals surface area contributed by atoms with Crippen molar-refractivity contribution in [2.24, 2.45) is 0 Å². The molecule has 0 N–H and O–H groups in total. The first-order valence-electron chi connectivity index (χ1n) is 7.74. The third-order valence-electron chi connectivity index (χ3n) is 4.46. The van der Waals surface area contributed by atoms with Gasteiger partial charge in [0.15, 0.2) is 0 Å². The van der Waals surface area contributed by atoms with Crippen LogP contribution in [0.15, 0.2) is 24.3 Å². The van der Waals surface area contributed by atoms with Crippen molar-refractivity contribution in [1.82, 2.24) is 9.47 Å². The number of nitrogens with zero attached hydrogens (tertiary/aromatic N) is 2. The van der Waals surface area contributed by atoms with Crippen molar-refractivity contribution in [1.29, 1.82) is 0 Å². The van der Waals surface area contributed by atoms with Crippen LogP contribution in [0.4, 0.5) is 0 Å². The van der Waals surface area contributed by atoms with Gasteiger partial charge in [-0.05, 0) is 36.9 Å². The second-order valence-corrected chi connectivity index (χ2v) is 6.53. The van der Waals surface area contributed by atoms with Crippen LogP contribution >= 0.6 is 11.8 Å². The van der Waals surface area contributed by atoms with E-state index < -0.39 is 0 Å². The fourth-order valence-electron chi connectivity index (χ4n) is 3.25. The zero-order valence-electron chi connectivity index (χ0n) is 12.6. The number of likely N-dealkylation sites (N-methyl/N-ethyl adjacent to an activating group) is 1. The molecule has 0 saturated heterocycles. The summed E-state index contributed by atoms with van der Waals surface area (Å²) in [5.74, 6) is 2.46. The van der Waals surface area contributed by atoms with Crippen LogP contribution in [0.25, 0.3) is 10.9 Å². The molecule has 1 aliphatic rings. The molecule has 3 rings (SSSR count). The minimum atomic E-state index is 1.13. The van der Waals surface area contributed by atoms with Crippen LogP contribution < -0.4 is 0 Å². The minimum absolute atomic E-state index is 1.13. The van der Waals surface area contributed by atoms with Crippen molar-refractivity contribution >= 4 is 22.7 Å². The van der Waals surface area contributed by atoms with E-state index in [1.165, 1.54) is 28.8 Å². The normalized spacial score (nSPS) is 14.9. The Balaban J connectivity index is 1.96. The van der Waals surface area contributed by atoms with E-state index >= 15 is 0 Å². The summed E-state index contributed by atoms with van der Waals surface area (Å²) in [6, 6.07) is 8.94. The van der Waals surface area contributed by atoms with Gasteiger partial charge < -0.3 is 9.47 Å². The predicted molar refractivity (Wildman–Crippen MR) is 89.6 cm³/mol. The van der Waals surface area contributed by atoms with Crippen LogP contribution in [0.3, 0.4) is 0 Å². The monoisotopic (exact) mass is 288 g/mol. The van der Waals surface area contributed by atoms with Crippen LogP contribution in [-0.2, 0) is 18.7 Å². The minimum Gasteiger partial charge on any atom is -0.343 e. The van der Waals surface area contributed by atoms with E-state index in [9.17, 15) is 0 Å². The highest BCUT2D eigenvalue weighted by molar-refractivity contribution is 7.98. The van der Waals surface area contributed by atoms with Gasteiger partial charge in [-0.15, -0.1) is 0 Å². The molecule has 20 heavy (non-hydrogen) atoms. The molecule has 2 nitrogen and oxygen atoms in total. The molecule has 3 heteroatoms. The van der Waals surface area contributed by atoms with Gasteiger partial charge in [-0.3, -0.25) is 0 Å². The Hall–Kier alpha value is -0.930. The van der Waals surface area contributed by atoms with E-state index in [0.29, 0.717) is 0 Å². The number of rotatable bonds is 5. The average Bonchev–Trinajstić information content (AvgIpc) is 2.83. The Morgan fingerprint density at radius 2 is 2.00 bits per heavy atom. The maximum atomic E-state index is 2.59. The summed E-state index contributed by atoms with van der Waals surface area (Å²) in [7, 11) is 0. The largest absolute Gasteiger partial charge is 0.343 e. The van der Waals surface area contributed by atoms with Gasteiger partial charge >= 0.3 is 0 Å². The zero-order valence-corrected chi connectivity index (χ0v) is 13.4. The molecule has 1 aliphatic heterocycles. The number of hydrogen-bond donors (Lipinski definition) is 0. The Kier molecular flexibility index (Phi) is 4.37. The first-order chi connectivity index (χ1) is 9.85. The van der Waals surface area contributed by atoms with Crippen LogP contribution in [0.2, 0.25) is 0 Å². The summed E-state index contributed by atoms with van der Waals surface area (Å²) in [6.45, 7) is 9.09. The van der Waals surface area contributed by atoms with E-state index in [0.717, 1.165) is 26.2 Å². The molecule has 0 amide bonds. The molecule has 0 bridgehead atoms. The third kappa shape index (κ3) is 2.49. The lowest BCUT2D eigenvalue weighted by atomic mass is 10.1. The van der Waals surface area contributed by atoms with E-state index in [1.807, 2.05) is 0 Å². The van der Waals surface area contributed by atoms with Crippen LogP contribution in [0.1, 0.15) is 25.1 Å². The van der Waals surface area contributed by atoms with Crippen molar-refractivity contribution < 1.29 is 0 Å². The molecule has 0 fully saturated rings. The maximum absolute atomic E-state index is 2.59. The quantitative estimate of drug-likeness (QED) is 0.827. The van der Waals surface area contributed by atoms with Crippen molar-refractivity contribution in [2.45, 2.75) is 32.6 Å². The van der Waals surface area contributed by atoms with Crippen molar-refractivity contribution in [3.05, 3.63) is 35.5 Å². The topological polar surface area (TPSA) is 8.17 Å². The number of thioether (sulfide) groups is 1. The molecule has 0 radical (unpaired) electrons. The van der Waals surface area contributed by atoms with Gasteiger partial charge in [-0.1, -0.05) is 32.0 Å². The Morgan fingerprint density at radius 3 is 2.80 bits per heavy atom. The lowest BCUT2D eigenvalue weighted by Crippen LogP contribution is -2.27. The molecule has 1 aromatic heterocycles. The molecular formula is C17H24N2S. The smallest absolute Gasteiger partial charge is 0.0486 e. The number of aromatic nitrogens is 1. The first-order valence-corrected chi connectivity index (χ1v) is 8.89. The molecule has 0 aliphatic carbocycles. The molecular weight excluding hydrogens is 264 g/mol. The molecule has 0 saturated carbocycles. The van der Waals surface area contributed by atoms with Crippen LogP contribution in [0.5, 0.6) is 0 Å². The fraction of sp³-hybridized carbons (Fsp3) is 0.529. The maximum Gasteiger partial charge on any atom is 0.0486 e. The van der Waals surface area contributed by atoms with Gasteiger partial charge in [-0.2, -0.15) is 11.8 Å². The molecule has 0 atom stereocenters. The summed E-state index contributed by atoms with van der Waals surface area (Å²) >= 11 is 2.08. The molecule has 1 aromatic carbocycles. The predicted octanol–water partition coefficient (Wildman–Crippen LogP) is 3.77. The van der Waals surface area contributed by atoms with Gasteiger partial charge in [0.1, 0.15) is 0 Å². The van der Waals surface area contributed by atoms with E-state index in [4.69, 9.17) is 0 Å². The third-order valence-corrected chi connectivity index (χ3v) is 5.44. The molecule has 2 aromatic rings. The first kappa shape index (κ1) is 14.0.